The first-order chi connectivity index (χ1) is 11.5. The molecule has 0 unspecified atom stereocenters. The number of aromatic nitrogens is 3. The number of amides is 1. The average Bonchev–Trinajstić information content (AvgIpc) is 2.54. The maximum absolute atomic E-state index is 11.5. The number of hydrogen-bond acceptors (Lipinski definition) is 8. The van der Waals surface area contributed by atoms with Gasteiger partial charge in [-0.2, -0.15) is 5.10 Å². The van der Waals surface area contributed by atoms with Crippen LogP contribution in [0.5, 0.6) is 0 Å². The van der Waals surface area contributed by atoms with Gasteiger partial charge in [0.15, 0.2) is 0 Å². The van der Waals surface area contributed by atoms with Crippen LogP contribution in [-0.4, -0.2) is 38.8 Å². The topological polar surface area (TPSA) is 175 Å². The first-order valence-electron chi connectivity index (χ1n) is 6.45. The Morgan fingerprint density at radius 2 is 2.04 bits per heavy atom. The molecule has 0 saturated heterocycles. The number of nitro groups is 1. The van der Waals surface area contributed by atoms with Crippen LogP contribution in [0.4, 0.5) is 11.5 Å². The molecule has 0 fully saturated rings. The number of nitrogens with zero attached hydrogens (tertiary/aromatic N) is 3. The zero-order valence-corrected chi connectivity index (χ0v) is 12.0. The zero-order valence-electron chi connectivity index (χ0n) is 12.0. The fourth-order valence-electron chi connectivity index (χ4n) is 1.53. The Bertz CT molecular complexity index is 884. The molecule has 0 aliphatic carbocycles. The van der Waals surface area contributed by atoms with E-state index in [9.17, 15) is 24.5 Å². The smallest absolute Gasteiger partial charge is 0.342 e. The van der Waals surface area contributed by atoms with Crippen molar-refractivity contribution in [3.63, 3.8) is 0 Å². The number of hydrazone groups is 1. The van der Waals surface area contributed by atoms with Crippen molar-refractivity contribution >= 4 is 23.6 Å². The average molecular weight is 333 g/mol. The molecular formula is C12H11N7O5. The van der Waals surface area contributed by atoms with Crippen LogP contribution in [0.3, 0.4) is 0 Å². The van der Waals surface area contributed by atoms with Gasteiger partial charge in [0.25, 0.3) is 17.2 Å². The Kier molecular flexibility index (Phi) is 5.13. The van der Waals surface area contributed by atoms with Crippen molar-refractivity contribution in [1.29, 1.82) is 0 Å². The van der Waals surface area contributed by atoms with Crippen molar-refractivity contribution in [3.05, 3.63) is 60.8 Å². The molecule has 0 bridgehead atoms. The molecule has 0 spiro atoms. The first kappa shape index (κ1) is 16.5. The summed E-state index contributed by atoms with van der Waals surface area (Å²) in [6, 6.07) is 5.54. The van der Waals surface area contributed by atoms with Crippen molar-refractivity contribution in [2.24, 2.45) is 5.10 Å². The summed E-state index contributed by atoms with van der Waals surface area (Å²) < 4.78 is 0. The number of benzene rings is 1. The Hall–Kier alpha value is -3.83. The Labute approximate surface area is 132 Å². The number of carbonyl (C=O) groups is 1. The van der Waals surface area contributed by atoms with Crippen LogP contribution in [0.15, 0.2) is 39.0 Å². The van der Waals surface area contributed by atoms with Crippen LogP contribution in [-0.2, 0) is 4.79 Å². The van der Waals surface area contributed by atoms with E-state index in [1.165, 1.54) is 30.5 Å². The van der Waals surface area contributed by atoms with Crippen molar-refractivity contribution in [3.8, 4) is 0 Å². The summed E-state index contributed by atoms with van der Waals surface area (Å²) in [4.78, 5) is 45.6. The normalized spacial score (nSPS) is 10.5. The summed E-state index contributed by atoms with van der Waals surface area (Å²) in [5.74, 6) is -0.787. The van der Waals surface area contributed by atoms with Crippen molar-refractivity contribution < 1.29 is 9.72 Å². The van der Waals surface area contributed by atoms with Gasteiger partial charge >= 0.3 is 5.69 Å². The molecule has 1 amide bonds. The number of non-ortho nitro benzene ring substituents is 1. The number of H-pyrrole nitrogens is 2. The molecule has 24 heavy (non-hydrogen) atoms. The van der Waals surface area contributed by atoms with E-state index in [4.69, 9.17) is 0 Å². The molecule has 2 rings (SSSR count). The van der Waals surface area contributed by atoms with Gasteiger partial charge in [0.2, 0.25) is 5.82 Å². The van der Waals surface area contributed by atoms with Crippen LogP contribution in [0.1, 0.15) is 5.56 Å². The molecule has 2 aromatic rings. The van der Waals surface area contributed by atoms with Crippen molar-refractivity contribution in [2.45, 2.75) is 0 Å². The summed E-state index contributed by atoms with van der Waals surface area (Å²) in [6.45, 7) is -0.306. The quantitative estimate of drug-likeness (QED) is 0.295. The van der Waals surface area contributed by atoms with Gasteiger partial charge in [0.1, 0.15) is 0 Å². The van der Waals surface area contributed by atoms with Gasteiger partial charge in [-0.3, -0.25) is 24.7 Å². The molecule has 0 atom stereocenters. The zero-order chi connectivity index (χ0) is 17.5. The third-order valence-electron chi connectivity index (χ3n) is 2.63. The third-order valence-corrected chi connectivity index (χ3v) is 2.63. The molecule has 0 radical (unpaired) electrons. The SMILES string of the molecule is O=C(CNc1n[nH]c(=O)[nH]c1=O)N/N=C/c1ccc([N+](=O)[O-])cc1. The monoisotopic (exact) mass is 333 g/mol. The van der Waals surface area contributed by atoms with E-state index >= 15 is 0 Å². The Balaban J connectivity index is 1.85. The van der Waals surface area contributed by atoms with E-state index in [1.807, 2.05) is 10.1 Å². The predicted molar refractivity (Wildman–Crippen MR) is 82.8 cm³/mol. The molecule has 124 valence electrons. The lowest BCUT2D eigenvalue weighted by atomic mass is 10.2. The van der Waals surface area contributed by atoms with Crippen LogP contribution < -0.4 is 22.0 Å². The van der Waals surface area contributed by atoms with E-state index in [-0.39, 0.29) is 18.1 Å². The second-order valence-corrected chi connectivity index (χ2v) is 4.35. The summed E-state index contributed by atoms with van der Waals surface area (Å²) in [6.07, 6.45) is 1.30. The Morgan fingerprint density at radius 3 is 2.67 bits per heavy atom. The Morgan fingerprint density at radius 1 is 1.33 bits per heavy atom. The van der Waals surface area contributed by atoms with Crippen molar-refractivity contribution in [2.75, 3.05) is 11.9 Å². The number of hydrogen-bond donors (Lipinski definition) is 4. The van der Waals surface area contributed by atoms with E-state index in [0.717, 1.165) is 0 Å². The molecule has 0 aliphatic heterocycles. The fourth-order valence-corrected chi connectivity index (χ4v) is 1.53. The number of anilines is 1. The lowest BCUT2D eigenvalue weighted by Crippen LogP contribution is -2.31. The summed E-state index contributed by atoms with van der Waals surface area (Å²) >= 11 is 0. The van der Waals surface area contributed by atoms with Crippen LogP contribution in [0, 0.1) is 10.1 Å². The van der Waals surface area contributed by atoms with Crippen LogP contribution >= 0.6 is 0 Å². The predicted octanol–water partition coefficient (Wildman–Crippen LogP) is -1.07. The highest BCUT2D eigenvalue weighted by molar-refractivity contribution is 5.84. The minimum absolute atomic E-state index is 0.0565. The van der Waals surface area contributed by atoms with E-state index in [2.05, 4.69) is 20.9 Å². The van der Waals surface area contributed by atoms with Gasteiger partial charge in [0, 0.05) is 12.1 Å². The molecule has 4 N–H and O–H groups in total. The molecular weight excluding hydrogens is 322 g/mol. The van der Waals surface area contributed by atoms with Crippen LogP contribution in [0.2, 0.25) is 0 Å². The van der Waals surface area contributed by atoms with Gasteiger partial charge in [-0.25, -0.2) is 15.3 Å². The minimum Gasteiger partial charge on any atom is -0.355 e. The standard InChI is InChI=1S/C12H11N7O5/c20-9(6-13-10-11(21)15-12(22)18-17-10)16-14-5-7-1-3-8(4-2-7)19(23)24/h1-5H,6H2,(H,13,17)(H,16,20)(H2,15,18,21,22)/b14-5+. The van der Waals surface area contributed by atoms with Gasteiger partial charge in [-0.15, -0.1) is 5.10 Å². The molecule has 1 aromatic heterocycles. The molecule has 1 heterocycles. The van der Waals surface area contributed by atoms with Gasteiger partial charge in [-0.1, -0.05) is 0 Å². The minimum atomic E-state index is -0.763. The van der Waals surface area contributed by atoms with E-state index in [1.54, 1.807) is 0 Å². The van der Waals surface area contributed by atoms with E-state index < -0.39 is 22.1 Å². The lowest BCUT2D eigenvalue weighted by Gasteiger charge is -2.02. The number of carbonyl (C=O) groups excluding carboxylic acids is 1. The molecule has 1 aromatic carbocycles. The molecule has 12 nitrogen and oxygen atoms in total. The highest BCUT2D eigenvalue weighted by Crippen LogP contribution is 2.10. The maximum atomic E-state index is 11.5. The number of aromatic amines is 2. The summed E-state index contributed by atoms with van der Waals surface area (Å²) in [7, 11) is 0. The second kappa shape index (κ2) is 7.44. The summed E-state index contributed by atoms with van der Waals surface area (Å²) in [5.41, 5.74) is 1.16. The molecule has 0 saturated carbocycles. The first-order valence-corrected chi connectivity index (χ1v) is 6.45. The van der Waals surface area contributed by atoms with Gasteiger partial charge < -0.3 is 5.32 Å². The maximum Gasteiger partial charge on any atom is 0.342 e. The largest absolute Gasteiger partial charge is 0.355 e. The number of nitro benzene ring substituents is 1. The van der Waals surface area contributed by atoms with Crippen molar-refractivity contribution in [1.82, 2.24) is 20.6 Å². The van der Waals surface area contributed by atoms with Gasteiger partial charge in [0.05, 0.1) is 17.7 Å². The van der Waals surface area contributed by atoms with Crippen LogP contribution in [0.25, 0.3) is 0 Å². The third kappa shape index (κ3) is 4.59. The number of nitrogens with one attached hydrogen (secondary N) is 4. The lowest BCUT2D eigenvalue weighted by molar-refractivity contribution is -0.384. The second-order valence-electron chi connectivity index (χ2n) is 4.35. The number of rotatable bonds is 6. The fraction of sp³-hybridized carbons (Fsp3) is 0.0833. The summed E-state index contributed by atoms with van der Waals surface area (Å²) in [5, 5.41) is 22.0. The highest BCUT2D eigenvalue weighted by atomic mass is 16.6. The molecule has 0 aliphatic rings. The van der Waals surface area contributed by atoms with E-state index in [0.29, 0.717) is 5.56 Å². The van der Waals surface area contributed by atoms with Gasteiger partial charge in [-0.05, 0) is 17.7 Å². The highest BCUT2D eigenvalue weighted by Gasteiger charge is 2.05. The molecule has 12 heteroatoms.